The number of H-pyrrole nitrogens is 2. The molecule has 0 radical (unpaired) electrons. The summed E-state index contributed by atoms with van der Waals surface area (Å²) in [7, 11) is 0. The molecule has 1 atom stereocenters. The van der Waals surface area contributed by atoms with E-state index < -0.39 is 5.91 Å². The quantitative estimate of drug-likeness (QED) is 0.647. The van der Waals surface area contributed by atoms with Gasteiger partial charge in [0.2, 0.25) is 0 Å². The van der Waals surface area contributed by atoms with Crippen LogP contribution in [0.3, 0.4) is 0 Å². The maximum atomic E-state index is 12.5. The fourth-order valence-corrected chi connectivity index (χ4v) is 3.97. The van der Waals surface area contributed by atoms with Gasteiger partial charge in [0.1, 0.15) is 5.56 Å². The second-order valence-electron chi connectivity index (χ2n) is 8.19. The van der Waals surface area contributed by atoms with E-state index in [1.807, 2.05) is 6.07 Å². The molecule has 0 aliphatic carbocycles. The number of nitrogens with zero attached hydrogens (tertiary/aromatic N) is 2. The molecule has 9 heteroatoms. The fourth-order valence-electron chi connectivity index (χ4n) is 3.97. The first-order chi connectivity index (χ1) is 14.5. The summed E-state index contributed by atoms with van der Waals surface area (Å²) in [5, 5.41) is 10.4. The highest BCUT2D eigenvalue weighted by Gasteiger charge is 2.24. The second kappa shape index (κ2) is 9.11. The van der Waals surface area contributed by atoms with Gasteiger partial charge in [0.25, 0.3) is 11.5 Å². The average molecular weight is 415 g/mol. The Bertz CT molecular complexity index is 945. The molecule has 0 saturated carbocycles. The van der Waals surface area contributed by atoms with Crippen LogP contribution in [0.25, 0.3) is 0 Å². The molecule has 1 unspecified atom stereocenters. The SMILES string of the molecule is CC(C)c1n[nH]c2c1CN(Cc1ccc(C(=O)NCC3COCCO3)c(=O)[nH]1)CC2. The van der Waals surface area contributed by atoms with E-state index in [4.69, 9.17) is 9.47 Å². The monoisotopic (exact) mass is 415 g/mol. The van der Waals surface area contributed by atoms with E-state index in [1.54, 1.807) is 6.07 Å². The molecule has 0 spiro atoms. The largest absolute Gasteiger partial charge is 0.376 e. The number of carbonyl (C=O) groups is 1. The van der Waals surface area contributed by atoms with Crippen LogP contribution in [-0.4, -0.2) is 65.0 Å². The zero-order valence-electron chi connectivity index (χ0n) is 17.5. The molecular formula is C21H29N5O4. The minimum atomic E-state index is -0.403. The average Bonchev–Trinajstić information content (AvgIpc) is 3.16. The molecule has 4 heterocycles. The van der Waals surface area contributed by atoms with Crippen molar-refractivity contribution in [1.29, 1.82) is 0 Å². The highest BCUT2D eigenvalue weighted by atomic mass is 16.6. The number of ether oxygens (including phenoxy) is 2. The Morgan fingerprint density at radius 3 is 2.97 bits per heavy atom. The van der Waals surface area contributed by atoms with Crippen LogP contribution in [0.5, 0.6) is 0 Å². The molecule has 30 heavy (non-hydrogen) atoms. The summed E-state index contributed by atoms with van der Waals surface area (Å²) in [6.45, 7) is 8.45. The number of amides is 1. The topological polar surface area (TPSA) is 112 Å². The molecule has 4 rings (SSSR count). The van der Waals surface area contributed by atoms with Crippen molar-refractivity contribution in [3.8, 4) is 0 Å². The van der Waals surface area contributed by atoms with E-state index in [9.17, 15) is 9.59 Å². The van der Waals surface area contributed by atoms with E-state index in [0.717, 1.165) is 30.9 Å². The zero-order valence-corrected chi connectivity index (χ0v) is 17.5. The lowest BCUT2D eigenvalue weighted by Crippen LogP contribution is -2.41. The van der Waals surface area contributed by atoms with Crippen LogP contribution in [-0.2, 0) is 29.0 Å². The van der Waals surface area contributed by atoms with Crippen molar-refractivity contribution < 1.29 is 14.3 Å². The van der Waals surface area contributed by atoms with Crippen molar-refractivity contribution in [2.45, 2.75) is 45.4 Å². The molecule has 162 valence electrons. The smallest absolute Gasteiger partial charge is 0.261 e. The Kier molecular flexibility index (Phi) is 6.31. The third-order valence-corrected chi connectivity index (χ3v) is 5.58. The predicted molar refractivity (Wildman–Crippen MR) is 110 cm³/mol. The summed E-state index contributed by atoms with van der Waals surface area (Å²) >= 11 is 0. The normalized spacial score (nSPS) is 19.6. The Balaban J connectivity index is 1.37. The molecule has 0 bridgehead atoms. The van der Waals surface area contributed by atoms with Crippen molar-refractivity contribution in [2.75, 3.05) is 32.9 Å². The van der Waals surface area contributed by atoms with E-state index >= 15 is 0 Å². The van der Waals surface area contributed by atoms with E-state index in [2.05, 4.69) is 39.2 Å². The maximum absolute atomic E-state index is 12.5. The van der Waals surface area contributed by atoms with Crippen LogP contribution in [0.2, 0.25) is 0 Å². The third-order valence-electron chi connectivity index (χ3n) is 5.58. The van der Waals surface area contributed by atoms with Crippen LogP contribution in [0, 0.1) is 0 Å². The van der Waals surface area contributed by atoms with Crippen LogP contribution in [0.15, 0.2) is 16.9 Å². The number of carbonyl (C=O) groups excluding carboxylic acids is 1. The van der Waals surface area contributed by atoms with Crippen molar-refractivity contribution in [3.05, 3.63) is 50.7 Å². The first-order valence-corrected chi connectivity index (χ1v) is 10.5. The molecule has 2 aromatic rings. The highest BCUT2D eigenvalue weighted by molar-refractivity contribution is 5.93. The summed E-state index contributed by atoms with van der Waals surface area (Å²) in [6.07, 6.45) is 0.732. The van der Waals surface area contributed by atoms with Crippen LogP contribution in [0.4, 0.5) is 0 Å². The van der Waals surface area contributed by atoms with Crippen LogP contribution >= 0.6 is 0 Å². The molecule has 2 aliphatic heterocycles. The molecular weight excluding hydrogens is 386 g/mol. The van der Waals surface area contributed by atoms with E-state index in [-0.39, 0.29) is 17.2 Å². The van der Waals surface area contributed by atoms with Gasteiger partial charge in [-0.15, -0.1) is 0 Å². The minimum absolute atomic E-state index is 0.105. The molecule has 1 fully saturated rings. The summed E-state index contributed by atoms with van der Waals surface area (Å²) in [6, 6.07) is 3.40. The highest BCUT2D eigenvalue weighted by Crippen LogP contribution is 2.26. The molecule has 1 amide bonds. The van der Waals surface area contributed by atoms with Gasteiger partial charge < -0.3 is 19.8 Å². The van der Waals surface area contributed by atoms with Gasteiger partial charge in [0, 0.05) is 49.6 Å². The van der Waals surface area contributed by atoms with Crippen molar-refractivity contribution in [2.24, 2.45) is 0 Å². The standard InChI is InChI=1S/C21H29N5O4/c1-13(2)19-17-11-26(6-5-18(17)24-25-19)10-14-3-4-16(21(28)23-14)20(27)22-9-15-12-29-7-8-30-15/h3-4,13,15H,5-12H2,1-2H3,(H,22,27)(H,23,28)(H,24,25). The number of pyridine rings is 1. The summed E-state index contributed by atoms with van der Waals surface area (Å²) in [5.74, 6) is -0.0346. The number of fused-ring (bicyclic) bond motifs is 1. The molecule has 1 saturated heterocycles. The molecule has 2 aromatic heterocycles. The van der Waals surface area contributed by atoms with Gasteiger partial charge >= 0.3 is 0 Å². The first-order valence-electron chi connectivity index (χ1n) is 10.5. The van der Waals surface area contributed by atoms with Gasteiger partial charge in [-0.2, -0.15) is 5.10 Å². The van der Waals surface area contributed by atoms with Gasteiger partial charge in [-0.1, -0.05) is 13.8 Å². The Labute approximate surface area is 175 Å². The summed E-state index contributed by atoms with van der Waals surface area (Å²) in [5.41, 5.74) is 4.11. The van der Waals surface area contributed by atoms with Gasteiger partial charge in [0.05, 0.1) is 31.6 Å². The number of aromatic nitrogens is 3. The minimum Gasteiger partial charge on any atom is -0.376 e. The summed E-state index contributed by atoms with van der Waals surface area (Å²) < 4.78 is 10.8. The number of hydrogen-bond acceptors (Lipinski definition) is 6. The lowest BCUT2D eigenvalue weighted by molar-refractivity contribution is -0.0855. The maximum Gasteiger partial charge on any atom is 0.261 e. The predicted octanol–water partition coefficient (Wildman–Crippen LogP) is 0.925. The fraction of sp³-hybridized carbons (Fsp3) is 0.571. The molecule has 2 aliphatic rings. The number of hydrogen-bond donors (Lipinski definition) is 3. The Morgan fingerprint density at radius 1 is 1.37 bits per heavy atom. The number of nitrogens with one attached hydrogen (secondary N) is 3. The van der Waals surface area contributed by atoms with Gasteiger partial charge in [-0.3, -0.25) is 19.6 Å². The third kappa shape index (κ3) is 4.63. The van der Waals surface area contributed by atoms with Crippen molar-refractivity contribution in [3.63, 3.8) is 0 Å². The number of aromatic amines is 2. The van der Waals surface area contributed by atoms with Gasteiger partial charge in [0.15, 0.2) is 0 Å². The second-order valence-corrected chi connectivity index (χ2v) is 8.19. The lowest BCUT2D eigenvalue weighted by Gasteiger charge is -2.27. The van der Waals surface area contributed by atoms with E-state index in [0.29, 0.717) is 38.8 Å². The van der Waals surface area contributed by atoms with Gasteiger partial charge in [-0.05, 0) is 18.1 Å². The first kappa shape index (κ1) is 20.8. The van der Waals surface area contributed by atoms with E-state index in [1.165, 1.54) is 11.3 Å². The molecule has 0 aromatic carbocycles. The zero-order chi connectivity index (χ0) is 21.1. The molecule has 9 nitrogen and oxygen atoms in total. The lowest BCUT2D eigenvalue weighted by atomic mass is 9.99. The Hall–Kier alpha value is -2.49. The summed E-state index contributed by atoms with van der Waals surface area (Å²) in [4.78, 5) is 30.0. The van der Waals surface area contributed by atoms with Crippen molar-refractivity contribution in [1.82, 2.24) is 25.4 Å². The van der Waals surface area contributed by atoms with Crippen LogP contribution < -0.4 is 10.9 Å². The number of rotatable bonds is 6. The van der Waals surface area contributed by atoms with Gasteiger partial charge in [-0.25, -0.2) is 0 Å². The Morgan fingerprint density at radius 2 is 2.23 bits per heavy atom. The van der Waals surface area contributed by atoms with Crippen LogP contribution in [0.1, 0.15) is 52.8 Å². The van der Waals surface area contributed by atoms with Crippen molar-refractivity contribution >= 4 is 5.91 Å². The molecule has 3 N–H and O–H groups in total.